The minimum absolute atomic E-state index is 0.137. The zero-order chi connectivity index (χ0) is 17.0. The molecule has 23 heavy (non-hydrogen) atoms. The normalized spacial score (nSPS) is 25.9. The van der Waals surface area contributed by atoms with Crippen molar-refractivity contribution < 1.29 is 9.59 Å². The van der Waals surface area contributed by atoms with Gasteiger partial charge in [0, 0.05) is 36.7 Å². The van der Waals surface area contributed by atoms with Gasteiger partial charge in [-0.25, -0.2) is 5.01 Å². The number of hydrogen-bond donors (Lipinski definition) is 3. The quantitative estimate of drug-likeness (QED) is 0.560. The number of benzene rings is 1. The summed E-state index contributed by atoms with van der Waals surface area (Å²) in [5, 5.41) is 5.18. The highest BCUT2D eigenvalue weighted by Gasteiger charge is 2.37. The first-order valence-electron chi connectivity index (χ1n) is 7.93. The third-order valence-corrected chi connectivity index (χ3v) is 4.50. The first-order chi connectivity index (χ1) is 10.8. The predicted molar refractivity (Wildman–Crippen MR) is 89.7 cm³/mol. The number of nitrogens with one attached hydrogen (secondary N) is 1. The van der Waals surface area contributed by atoms with Crippen molar-refractivity contribution in [2.75, 3.05) is 19.6 Å². The van der Waals surface area contributed by atoms with Crippen LogP contribution >= 0.6 is 0 Å². The van der Waals surface area contributed by atoms with Crippen LogP contribution in [0.15, 0.2) is 24.3 Å². The van der Waals surface area contributed by atoms with Gasteiger partial charge in [0.1, 0.15) is 6.29 Å². The molecular formula is C17H26N4O2. The molecule has 1 heterocycles. The molecule has 1 aromatic carbocycles. The molecule has 2 aliphatic rings. The SMILES string of the molecule is CC1(C)CNCCN1N.NC(=O)c1ccc([C@H]2C[C@@H]2C=O)cc1. The summed E-state index contributed by atoms with van der Waals surface area (Å²) in [5.74, 6) is 5.82. The van der Waals surface area contributed by atoms with Crippen LogP contribution in [0.1, 0.15) is 42.1 Å². The third kappa shape index (κ3) is 4.60. The van der Waals surface area contributed by atoms with Gasteiger partial charge < -0.3 is 15.8 Å². The summed E-state index contributed by atoms with van der Waals surface area (Å²) in [5.41, 5.74) is 6.88. The average molecular weight is 318 g/mol. The summed E-state index contributed by atoms with van der Waals surface area (Å²) in [7, 11) is 0. The summed E-state index contributed by atoms with van der Waals surface area (Å²) >= 11 is 0. The van der Waals surface area contributed by atoms with Crippen LogP contribution in [-0.2, 0) is 4.79 Å². The monoisotopic (exact) mass is 318 g/mol. The topological polar surface area (TPSA) is 101 Å². The lowest BCUT2D eigenvalue weighted by Crippen LogP contribution is -2.60. The van der Waals surface area contributed by atoms with Crippen molar-refractivity contribution in [1.82, 2.24) is 10.3 Å². The van der Waals surface area contributed by atoms with E-state index in [1.165, 1.54) is 0 Å². The third-order valence-electron chi connectivity index (χ3n) is 4.50. The number of hydrazine groups is 1. The van der Waals surface area contributed by atoms with Gasteiger partial charge in [0.25, 0.3) is 0 Å². The Morgan fingerprint density at radius 3 is 2.39 bits per heavy atom. The van der Waals surface area contributed by atoms with Crippen LogP contribution in [0.2, 0.25) is 0 Å². The first kappa shape index (κ1) is 17.6. The lowest BCUT2D eigenvalue weighted by molar-refractivity contribution is -0.108. The van der Waals surface area contributed by atoms with Crippen LogP contribution in [-0.4, -0.2) is 42.4 Å². The number of piperazine rings is 1. The van der Waals surface area contributed by atoms with Crippen LogP contribution in [0, 0.1) is 5.92 Å². The summed E-state index contributed by atoms with van der Waals surface area (Å²) in [4.78, 5) is 21.2. The maximum Gasteiger partial charge on any atom is 0.248 e. The van der Waals surface area contributed by atoms with E-state index in [-0.39, 0.29) is 11.5 Å². The zero-order valence-corrected chi connectivity index (χ0v) is 13.8. The van der Waals surface area contributed by atoms with Gasteiger partial charge in [0.05, 0.1) is 0 Å². The molecule has 3 rings (SSSR count). The molecule has 1 aliphatic heterocycles. The standard InChI is InChI=1S/C11H11NO2.C6H15N3/c12-11(14)8-3-1-7(2-4-8)10-5-9(10)6-13;1-6(2)5-8-3-4-9(6)7/h1-4,6,9-10H,5H2,(H2,12,14);8H,3-5,7H2,1-2H3/t9-,10-;/m1./s1. The molecule has 126 valence electrons. The molecule has 0 radical (unpaired) electrons. The Kier molecular flexibility index (Phi) is 5.51. The van der Waals surface area contributed by atoms with E-state index in [9.17, 15) is 9.59 Å². The molecule has 1 aromatic rings. The molecule has 1 saturated heterocycles. The Morgan fingerprint density at radius 2 is 2.00 bits per heavy atom. The number of hydrogen-bond acceptors (Lipinski definition) is 5. The Morgan fingerprint density at radius 1 is 1.35 bits per heavy atom. The molecule has 2 fully saturated rings. The number of nitrogens with zero attached hydrogens (tertiary/aromatic N) is 1. The minimum atomic E-state index is -0.417. The highest BCUT2D eigenvalue weighted by Crippen LogP contribution is 2.45. The fraction of sp³-hybridized carbons (Fsp3) is 0.529. The van der Waals surface area contributed by atoms with Crippen molar-refractivity contribution in [3.05, 3.63) is 35.4 Å². The second-order valence-electron chi connectivity index (χ2n) is 6.81. The lowest BCUT2D eigenvalue weighted by atomic mass is 10.0. The number of primary amides is 1. The lowest BCUT2D eigenvalue weighted by Gasteiger charge is -2.39. The molecule has 6 heteroatoms. The van der Waals surface area contributed by atoms with E-state index in [1.54, 1.807) is 12.1 Å². The predicted octanol–water partition coefficient (Wildman–Crippen LogP) is 0.632. The fourth-order valence-corrected chi connectivity index (χ4v) is 2.64. The van der Waals surface area contributed by atoms with Crippen LogP contribution in [0.5, 0.6) is 0 Å². The van der Waals surface area contributed by atoms with Gasteiger partial charge in [-0.15, -0.1) is 0 Å². The van der Waals surface area contributed by atoms with Crippen molar-refractivity contribution in [2.24, 2.45) is 17.5 Å². The molecule has 6 nitrogen and oxygen atoms in total. The molecule has 0 unspecified atom stereocenters. The van der Waals surface area contributed by atoms with Crippen molar-refractivity contribution in [2.45, 2.75) is 31.7 Å². The van der Waals surface area contributed by atoms with Crippen molar-refractivity contribution in [3.63, 3.8) is 0 Å². The smallest absolute Gasteiger partial charge is 0.248 e. The molecule has 5 N–H and O–H groups in total. The van der Waals surface area contributed by atoms with E-state index in [2.05, 4.69) is 19.2 Å². The van der Waals surface area contributed by atoms with E-state index in [0.29, 0.717) is 11.5 Å². The van der Waals surface area contributed by atoms with Crippen molar-refractivity contribution in [3.8, 4) is 0 Å². The maximum absolute atomic E-state index is 10.8. The second-order valence-corrected chi connectivity index (χ2v) is 6.81. The molecule has 1 saturated carbocycles. The Bertz CT molecular complexity index is 556. The second kappa shape index (κ2) is 7.21. The maximum atomic E-state index is 10.8. The van der Waals surface area contributed by atoms with Crippen LogP contribution in [0.25, 0.3) is 0 Å². The zero-order valence-electron chi connectivity index (χ0n) is 13.8. The van der Waals surface area contributed by atoms with Crippen LogP contribution in [0.3, 0.4) is 0 Å². The average Bonchev–Trinajstić information content (AvgIpc) is 3.31. The van der Waals surface area contributed by atoms with E-state index in [1.807, 2.05) is 17.1 Å². The van der Waals surface area contributed by atoms with Crippen LogP contribution < -0.4 is 16.9 Å². The molecule has 2 atom stereocenters. The highest BCUT2D eigenvalue weighted by atomic mass is 16.1. The van der Waals surface area contributed by atoms with Gasteiger partial charge in [-0.3, -0.25) is 10.6 Å². The Hall–Kier alpha value is -1.76. The summed E-state index contributed by atoms with van der Waals surface area (Å²) in [6, 6.07) is 7.15. The number of amides is 1. The number of aldehydes is 1. The molecule has 1 amide bonds. The summed E-state index contributed by atoms with van der Waals surface area (Å²) in [6.07, 6.45) is 1.92. The van der Waals surface area contributed by atoms with E-state index < -0.39 is 5.91 Å². The number of nitrogens with two attached hydrogens (primary N) is 2. The molecule has 0 aromatic heterocycles. The summed E-state index contributed by atoms with van der Waals surface area (Å²) < 4.78 is 0. The van der Waals surface area contributed by atoms with Crippen LogP contribution in [0.4, 0.5) is 0 Å². The van der Waals surface area contributed by atoms with Gasteiger partial charge in [0.2, 0.25) is 5.91 Å². The first-order valence-corrected chi connectivity index (χ1v) is 7.93. The highest BCUT2D eigenvalue weighted by molar-refractivity contribution is 5.92. The number of carbonyl (C=O) groups is 2. The van der Waals surface area contributed by atoms with Gasteiger partial charge in [-0.05, 0) is 43.9 Å². The van der Waals surface area contributed by atoms with E-state index >= 15 is 0 Å². The fourth-order valence-electron chi connectivity index (χ4n) is 2.64. The Balaban J connectivity index is 0.000000185. The van der Waals surface area contributed by atoms with E-state index in [4.69, 9.17) is 11.6 Å². The number of carbonyl (C=O) groups excluding carboxylic acids is 2. The number of rotatable bonds is 3. The van der Waals surface area contributed by atoms with Crippen molar-refractivity contribution in [1.29, 1.82) is 0 Å². The van der Waals surface area contributed by atoms with Gasteiger partial charge in [0.15, 0.2) is 0 Å². The summed E-state index contributed by atoms with van der Waals surface area (Å²) in [6.45, 7) is 7.23. The van der Waals surface area contributed by atoms with Gasteiger partial charge >= 0.3 is 0 Å². The van der Waals surface area contributed by atoms with E-state index in [0.717, 1.165) is 37.9 Å². The molecule has 1 aliphatic carbocycles. The largest absolute Gasteiger partial charge is 0.366 e. The molecular weight excluding hydrogens is 292 g/mol. The van der Waals surface area contributed by atoms with Gasteiger partial charge in [-0.2, -0.15) is 0 Å². The van der Waals surface area contributed by atoms with Crippen molar-refractivity contribution >= 4 is 12.2 Å². The van der Waals surface area contributed by atoms with Gasteiger partial charge in [-0.1, -0.05) is 12.1 Å². The Labute approximate surface area is 137 Å². The molecule has 0 bridgehead atoms. The molecule has 0 spiro atoms. The minimum Gasteiger partial charge on any atom is -0.366 e.